The molecule has 0 N–H and O–H groups in total. The fraction of sp³-hybridized carbons (Fsp3) is 0.167. The van der Waals surface area contributed by atoms with Gasteiger partial charge >= 0.3 is 0 Å². The molecule has 82 valence electrons. The van der Waals surface area contributed by atoms with Crippen molar-refractivity contribution >= 4 is 17.9 Å². The fourth-order valence-corrected chi connectivity index (χ4v) is 1.73. The lowest BCUT2D eigenvalue weighted by Crippen LogP contribution is -2.00. The molecular weight excluding hydrogens is 224 g/mol. The summed E-state index contributed by atoms with van der Waals surface area (Å²) in [6.07, 6.45) is 2.54. The van der Waals surface area contributed by atoms with E-state index in [9.17, 15) is 4.79 Å². The van der Waals surface area contributed by atoms with Crippen LogP contribution in [-0.2, 0) is 6.54 Å². The first-order valence-corrected chi connectivity index (χ1v) is 5.31. The molecule has 1 aromatic carbocycles. The van der Waals surface area contributed by atoms with E-state index in [1.165, 1.54) is 0 Å². The molecule has 0 unspecified atom stereocenters. The highest BCUT2D eigenvalue weighted by Gasteiger charge is 2.05. The Balaban J connectivity index is 2.27. The number of hydrogen-bond donors (Lipinski definition) is 0. The first-order valence-electron chi connectivity index (χ1n) is 4.93. The third-order valence-corrected chi connectivity index (χ3v) is 2.77. The third kappa shape index (κ3) is 2.14. The molecule has 16 heavy (non-hydrogen) atoms. The maximum Gasteiger partial charge on any atom is 0.153 e. The molecule has 0 saturated heterocycles. The minimum absolute atomic E-state index is 0.578. The molecule has 0 radical (unpaired) electrons. The lowest BCUT2D eigenvalue weighted by molar-refractivity contribution is 0.112. The van der Waals surface area contributed by atoms with Crippen LogP contribution in [0.4, 0.5) is 0 Å². The number of carbonyl (C=O) groups excluding carboxylic acids is 1. The Morgan fingerprint density at radius 1 is 1.44 bits per heavy atom. The highest BCUT2D eigenvalue weighted by atomic mass is 35.5. The van der Waals surface area contributed by atoms with Crippen molar-refractivity contribution in [2.75, 3.05) is 0 Å². The normalized spacial score (nSPS) is 10.4. The zero-order valence-electron chi connectivity index (χ0n) is 8.85. The van der Waals surface area contributed by atoms with Crippen LogP contribution in [0.15, 0.2) is 30.5 Å². The van der Waals surface area contributed by atoms with Gasteiger partial charge in [-0.05, 0) is 18.6 Å². The molecule has 4 heteroatoms. The summed E-state index contributed by atoms with van der Waals surface area (Å²) in [5.74, 6) is 0. The highest BCUT2D eigenvalue weighted by Crippen LogP contribution is 2.16. The highest BCUT2D eigenvalue weighted by molar-refractivity contribution is 6.31. The molecule has 0 aliphatic rings. The van der Waals surface area contributed by atoms with Crippen molar-refractivity contribution in [3.63, 3.8) is 0 Å². The molecular formula is C12H11ClN2O. The SMILES string of the molecule is Cc1nn(Cc2ccccc2Cl)cc1C=O. The summed E-state index contributed by atoms with van der Waals surface area (Å²) in [5.41, 5.74) is 2.35. The van der Waals surface area contributed by atoms with Crippen LogP contribution in [0.5, 0.6) is 0 Å². The largest absolute Gasteiger partial charge is 0.298 e. The van der Waals surface area contributed by atoms with Gasteiger partial charge in [-0.2, -0.15) is 5.10 Å². The molecule has 0 amide bonds. The van der Waals surface area contributed by atoms with Crippen molar-refractivity contribution in [3.8, 4) is 0 Å². The smallest absolute Gasteiger partial charge is 0.153 e. The van der Waals surface area contributed by atoms with Crippen LogP contribution in [0.2, 0.25) is 5.02 Å². The van der Waals surface area contributed by atoms with Crippen LogP contribution in [-0.4, -0.2) is 16.1 Å². The fourth-order valence-electron chi connectivity index (χ4n) is 1.53. The molecule has 2 aromatic rings. The Hall–Kier alpha value is -1.61. The van der Waals surface area contributed by atoms with Crippen molar-refractivity contribution < 1.29 is 4.79 Å². The number of benzene rings is 1. The van der Waals surface area contributed by atoms with Gasteiger partial charge in [-0.25, -0.2) is 0 Å². The standard InChI is InChI=1S/C12H11ClN2O/c1-9-11(8-16)7-15(14-9)6-10-4-2-3-5-12(10)13/h2-5,7-8H,6H2,1H3. The number of rotatable bonds is 3. The molecule has 1 heterocycles. The number of nitrogens with zero attached hydrogens (tertiary/aromatic N) is 2. The number of halogens is 1. The lowest BCUT2D eigenvalue weighted by Gasteiger charge is -2.03. The Bertz CT molecular complexity index is 519. The van der Waals surface area contributed by atoms with E-state index in [0.717, 1.165) is 17.5 Å². The lowest BCUT2D eigenvalue weighted by atomic mass is 10.2. The van der Waals surface area contributed by atoms with Gasteiger partial charge in [0.1, 0.15) is 0 Å². The number of aldehydes is 1. The van der Waals surface area contributed by atoms with Gasteiger partial charge in [-0.15, -0.1) is 0 Å². The minimum atomic E-state index is 0.578. The third-order valence-electron chi connectivity index (χ3n) is 2.40. The van der Waals surface area contributed by atoms with Crippen molar-refractivity contribution in [3.05, 3.63) is 52.3 Å². The van der Waals surface area contributed by atoms with E-state index in [4.69, 9.17) is 11.6 Å². The monoisotopic (exact) mass is 234 g/mol. The predicted octanol–water partition coefficient (Wildman–Crippen LogP) is 2.71. The second kappa shape index (κ2) is 4.49. The van der Waals surface area contributed by atoms with Crippen molar-refractivity contribution in [2.45, 2.75) is 13.5 Å². The summed E-state index contributed by atoms with van der Waals surface area (Å²) < 4.78 is 1.72. The van der Waals surface area contributed by atoms with E-state index < -0.39 is 0 Å². The van der Waals surface area contributed by atoms with Gasteiger partial charge in [-0.3, -0.25) is 9.48 Å². The first-order chi connectivity index (χ1) is 7.70. The van der Waals surface area contributed by atoms with E-state index in [-0.39, 0.29) is 0 Å². The van der Waals surface area contributed by atoms with Crippen LogP contribution < -0.4 is 0 Å². The van der Waals surface area contributed by atoms with Crippen LogP contribution in [0.25, 0.3) is 0 Å². The molecule has 1 aromatic heterocycles. The van der Waals surface area contributed by atoms with Gasteiger partial charge in [0.05, 0.1) is 17.8 Å². The Morgan fingerprint density at radius 3 is 2.81 bits per heavy atom. The molecule has 2 rings (SSSR count). The molecule has 0 aliphatic carbocycles. The molecule has 0 atom stereocenters. The van der Waals surface area contributed by atoms with E-state index in [1.807, 2.05) is 31.2 Å². The molecule has 0 aliphatic heterocycles. The average molecular weight is 235 g/mol. The summed E-state index contributed by atoms with van der Waals surface area (Å²) >= 11 is 6.04. The summed E-state index contributed by atoms with van der Waals surface area (Å²) in [5, 5.41) is 4.96. The van der Waals surface area contributed by atoms with Gasteiger partial charge < -0.3 is 0 Å². The van der Waals surface area contributed by atoms with Crippen molar-refractivity contribution in [2.24, 2.45) is 0 Å². The van der Waals surface area contributed by atoms with Gasteiger partial charge in [0.15, 0.2) is 6.29 Å². The number of aryl methyl sites for hydroxylation is 1. The summed E-state index contributed by atoms with van der Waals surface area (Å²) in [4.78, 5) is 10.7. The van der Waals surface area contributed by atoms with E-state index in [1.54, 1.807) is 10.9 Å². The Labute approximate surface area is 98.7 Å². The summed E-state index contributed by atoms with van der Waals surface area (Å²) in [7, 11) is 0. The van der Waals surface area contributed by atoms with Crippen molar-refractivity contribution in [1.29, 1.82) is 0 Å². The molecule has 0 spiro atoms. The van der Waals surface area contributed by atoms with E-state index in [0.29, 0.717) is 17.1 Å². The number of carbonyl (C=O) groups is 1. The quantitative estimate of drug-likeness (QED) is 0.766. The average Bonchev–Trinajstić information content (AvgIpc) is 2.62. The zero-order valence-corrected chi connectivity index (χ0v) is 9.61. The molecule has 0 fully saturated rings. The van der Waals surface area contributed by atoms with E-state index in [2.05, 4.69) is 5.10 Å². The van der Waals surface area contributed by atoms with Gasteiger partial charge in [0.2, 0.25) is 0 Å². The summed E-state index contributed by atoms with van der Waals surface area (Å²) in [6, 6.07) is 7.60. The zero-order chi connectivity index (χ0) is 11.5. The number of hydrogen-bond acceptors (Lipinski definition) is 2. The van der Waals surface area contributed by atoms with Gasteiger partial charge in [-0.1, -0.05) is 29.8 Å². The second-order valence-electron chi connectivity index (χ2n) is 3.58. The summed E-state index contributed by atoms with van der Waals surface area (Å²) in [6.45, 7) is 2.39. The first kappa shape index (κ1) is 10.9. The maximum atomic E-state index is 10.7. The van der Waals surface area contributed by atoms with Crippen LogP contribution in [0, 0.1) is 6.92 Å². The van der Waals surface area contributed by atoms with Crippen LogP contribution >= 0.6 is 11.6 Å². The number of aromatic nitrogens is 2. The Morgan fingerprint density at radius 2 is 2.19 bits per heavy atom. The van der Waals surface area contributed by atoms with E-state index >= 15 is 0 Å². The Kier molecular flexibility index (Phi) is 3.06. The van der Waals surface area contributed by atoms with Gasteiger partial charge in [0.25, 0.3) is 0 Å². The van der Waals surface area contributed by atoms with Crippen molar-refractivity contribution in [1.82, 2.24) is 9.78 Å². The molecule has 0 saturated carbocycles. The maximum absolute atomic E-state index is 10.7. The molecule has 0 bridgehead atoms. The minimum Gasteiger partial charge on any atom is -0.298 e. The molecule has 3 nitrogen and oxygen atoms in total. The topological polar surface area (TPSA) is 34.9 Å². The second-order valence-corrected chi connectivity index (χ2v) is 3.98. The van der Waals surface area contributed by atoms with Gasteiger partial charge in [0, 0.05) is 11.2 Å². The predicted molar refractivity (Wildman–Crippen MR) is 62.9 cm³/mol. The van der Waals surface area contributed by atoms with Crippen LogP contribution in [0.3, 0.4) is 0 Å². The van der Waals surface area contributed by atoms with Crippen LogP contribution in [0.1, 0.15) is 21.6 Å².